The number of likely N-dealkylation sites (tertiary alicyclic amines) is 1. The fraction of sp³-hybridized carbons (Fsp3) is 0.889. The maximum absolute atomic E-state index is 13.2. The second-order valence-corrected chi connectivity index (χ2v) is 9.28. The average Bonchev–Trinajstić information content (AvgIpc) is 3.05. The van der Waals surface area contributed by atoms with E-state index in [9.17, 15) is 9.90 Å². The van der Waals surface area contributed by atoms with Crippen molar-refractivity contribution < 1.29 is 9.90 Å². The maximum atomic E-state index is 13.2. The third-order valence-corrected chi connectivity index (χ3v) is 7.75. The minimum absolute atomic E-state index is 0.0530. The Balaban J connectivity index is 1.37. The first-order valence-corrected chi connectivity index (χ1v) is 9.12. The van der Waals surface area contributed by atoms with E-state index in [0.29, 0.717) is 23.9 Å². The smallest absolute Gasteiger partial charge is 0.248 e. The van der Waals surface area contributed by atoms with Crippen LogP contribution in [0.2, 0.25) is 0 Å². The summed E-state index contributed by atoms with van der Waals surface area (Å²) in [6.07, 6.45) is 7.37. The average molecular weight is 300 g/mol. The van der Waals surface area contributed by atoms with E-state index in [0.717, 1.165) is 31.6 Å². The van der Waals surface area contributed by atoms with Gasteiger partial charge in [0.25, 0.3) is 0 Å². The maximum Gasteiger partial charge on any atom is 0.248 e. The molecule has 1 spiro atoms. The number of hydrogen-bond donors (Lipinski definition) is 1. The summed E-state index contributed by atoms with van der Waals surface area (Å²) in [5, 5.41) is 10.9. The highest BCUT2D eigenvalue weighted by Crippen LogP contribution is 2.65. The molecular weight excluding hydrogens is 276 g/mol. The number of carbonyl (C=O) groups excluding carboxylic acids is 1. The van der Waals surface area contributed by atoms with Gasteiger partial charge in [-0.15, -0.1) is 0 Å². The summed E-state index contributed by atoms with van der Waals surface area (Å²) in [4.78, 5) is 20.2. The van der Waals surface area contributed by atoms with Crippen LogP contribution >= 0.6 is 0 Å². The lowest BCUT2D eigenvalue weighted by atomic mass is 9.43. The predicted octanol–water partition coefficient (Wildman–Crippen LogP) is 1.76. The lowest BCUT2D eigenvalue weighted by Crippen LogP contribution is -2.71. The molecule has 1 saturated heterocycles. The molecule has 5 saturated carbocycles. The van der Waals surface area contributed by atoms with Crippen molar-refractivity contribution in [2.24, 2.45) is 28.2 Å². The molecule has 118 valence electrons. The van der Waals surface area contributed by atoms with Crippen molar-refractivity contribution in [1.29, 1.82) is 0 Å². The zero-order valence-electron chi connectivity index (χ0n) is 13.2. The van der Waals surface area contributed by atoms with Crippen molar-refractivity contribution in [2.75, 3.05) is 0 Å². The second-order valence-electron chi connectivity index (χ2n) is 9.28. The molecule has 22 heavy (non-hydrogen) atoms. The molecule has 5 aliphatic carbocycles. The molecule has 1 amide bonds. The molecule has 4 heteroatoms. The minimum atomic E-state index is -0.497. The van der Waals surface area contributed by atoms with Gasteiger partial charge in [-0.2, -0.15) is 0 Å². The van der Waals surface area contributed by atoms with E-state index in [1.807, 2.05) is 0 Å². The quantitative estimate of drug-likeness (QED) is 0.802. The molecule has 1 N–H and O–H groups in total. The third-order valence-electron chi connectivity index (χ3n) is 7.75. The number of amides is 1. The normalized spacial score (nSPS) is 59.7. The molecule has 2 aliphatic heterocycles. The van der Waals surface area contributed by atoms with Gasteiger partial charge in [0, 0.05) is 29.1 Å². The molecule has 6 fully saturated rings. The summed E-state index contributed by atoms with van der Waals surface area (Å²) >= 11 is 0. The molecule has 8 unspecified atom stereocenters. The van der Waals surface area contributed by atoms with Crippen LogP contribution in [0.5, 0.6) is 0 Å². The molecular formula is C18H24N2O2. The van der Waals surface area contributed by atoms with Crippen LogP contribution < -0.4 is 0 Å². The minimum Gasteiger partial charge on any atom is -0.390 e. The first kappa shape index (κ1) is 12.5. The van der Waals surface area contributed by atoms with E-state index in [1.165, 1.54) is 25.0 Å². The van der Waals surface area contributed by atoms with Gasteiger partial charge in [0.2, 0.25) is 5.91 Å². The van der Waals surface area contributed by atoms with Crippen molar-refractivity contribution in [3.63, 3.8) is 0 Å². The largest absolute Gasteiger partial charge is 0.390 e. The number of fused-ring (bicyclic) bond motifs is 1. The van der Waals surface area contributed by atoms with E-state index in [-0.39, 0.29) is 17.4 Å². The number of rotatable bonds is 1. The molecule has 2 heterocycles. The summed E-state index contributed by atoms with van der Waals surface area (Å²) in [6, 6.07) is 0.743. The van der Waals surface area contributed by atoms with Gasteiger partial charge in [-0.1, -0.05) is 0 Å². The van der Waals surface area contributed by atoms with E-state index < -0.39 is 5.60 Å². The predicted molar refractivity (Wildman–Crippen MR) is 81.5 cm³/mol. The first-order valence-electron chi connectivity index (χ1n) is 9.12. The number of aliphatic hydroxyl groups is 1. The van der Waals surface area contributed by atoms with Crippen LogP contribution in [0.4, 0.5) is 0 Å². The molecule has 0 aromatic heterocycles. The highest BCUT2D eigenvalue weighted by molar-refractivity contribution is 6.07. The highest BCUT2D eigenvalue weighted by atomic mass is 16.3. The standard InChI is InChI=1S/C18H24N2O2/c1-9-2-11-4-13(11)20(9)16(21)15-18-6-10-3-12(14(18)19-15)7-17(22,5-10)8-18/h9-13,15,22H,2-8H2,1H3. The Morgan fingerprint density at radius 1 is 1.27 bits per heavy atom. The number of piperidine rings is 1. The lowest BCUT2D eigenvalue weighted by Gasteiger charge is -2.66. The monoisotopic (exact) mass is 300 g/mol. The molecule has 7 aliphatic rings. The Bertz CT molecular complexity index is 629. The van der Waals surface area contributed by atoms with Crippen molar-refractivity contribution in [3.05, 3.63) is 0 Å². The van der Waals surface area contributed by atoms with Crippen LogP contribution in [0.15, 0.2) is 4.99 Å². The van der Waals surface area contributed by atoms with Crippen molar-refractivity contribution in [2.45, 2.75) is 75.6 Å². The molecule has 0 aromatic carbocycles. The topological polar surface area (TPSA) is 52.9 Å². The van der Waals surface area contributed by atoms with E-state index >= 15 is 0 Å². The summed E-state index contributed by atoms with van der Waals surface area (Å²) in [5.41, 5.74) is 0.760. The fourth-order valence-corrected chi connectivity index (χ4v) is 7.23. The Labute approximate surface area is 131 Å². The molecule has 0 radical (unpaired) electrons. The Morgan fingerprint density at radius 3 is 2.86 bits per heavy atom. The van der Waals surface area contributed by atoms with E-state index in [1.54, 1.807) is 0 Å². The van der Waals surface area contributed by atoms with Crippen molar-refractivity contribution in [3.8, 4) is 0 Å². The summed E-state index contributed by atoms with van der Waals surface area (Å²) in [7, 11) is 0. The van der Waals surface area contributed by atoms with E-state index in [4.69, 9.17) is 4.99 Å². The zero-order valence-corrected chi connectivity index (χ0v) is 13.2. The van der Waals surface area contributed by atoms with Crippen LogP contribution in [-0.2, 0) is 4.79 Å². The Morgan fingerprint density at radius 2 is 2.14 bits per heavy atom. The summed E-state index contributed by atoms with van der Waals surface area (Å²) < 4.78 is 0. The first-order chi connectivity index (χ1) is 10.5. The lowest BCUT2D eigenvalue weighted by molar-refractivity contribution is -0.151. The van der Waals surface area contributed by atoms with Crippen LogP contribution in [0, 0.1) is 23.2 Å². The van der Waals surface area contributed by atoms with Gasteiger partial charge in [0.1, 0.15) is 6.04 Å². The van der Waals surface area contributed by atoms with Crippen LogP contribution in [0.25, 0.3) is 0 Å². The Kier molecular flexibility index (Phi) is 1.96. The number of nitrogens with zero attached hydrogens (tertiary/aromatic N) is 2. The summed E-state index contributed by atoms with van der Waals surface area (Å²) in [5.74, 6) is 2.14. The number of hydrogen-bond acceptors (Lipinski definition) is 3. The van der Waals surface area contributed by atoms with Crippen molar-refractivity contribution in [1.82, 2.24) is 4.90 Å². The Hall–Kier alpha value is -0.900. The van der Waals surface area contributed by atoms with Crippen LogP contribution in [-0.4, -0.2) is 45.4 Å². The van der Waals surface area contributed by atoms with Gasteiger partial charge in [0.05, 0.1) is 5.60 Å². The van der Waals surface area contributed by atoms with E-state index in [2.05, 4.69) is 11.8 Å². The van der Waals surface area contributed by atoms with Gasteiger partial charge in [0.15, 0.2) is 0 Å². The third kappa shape index (κ3) is 1.27. The van der Waals surface area contributed by atoms with Crippen LogP contribution in [0.3, 0.4) is 0 Å². The van der Waals surface area contributed by atoms with Crippen molar-refractivity contribution >= 4 is 11.6 Å². The molecule has 7 rings (SSSR count). The number of aliphatic imine (C=N–C) groups is 1. The molecule has 8 atom stereocenters. The number of carbonyl (C=O) groups is 1. The molecule has 4 bridgehead atoms. The SMILES string of the molecule is CC1CC2CC2N1C(=O)C1N=C2C3CC4CC(O)(C3)CC21C4. The zero-order chi connectivity index (χ0) is 14.9. The van der Waals surface area contributed by atoms with Gasteiger partial charge in [-0.25, -0.2) is 0 Å². The van der Waals surface area contributed by atoms with Gasteiger partial charge < -0.3 is 10.0 Å². The molecule has 0 aromatic rings. The molecule has 4 nitrogen and oxygen atoms in total. The van der Waals surface area contributed by atoms with Gasteiger partial charge in [-0.05, 0) is 63.7 Å². The highest BCUT2D eigenvalue weighted by Gasteiger charge is 2.69. The summed E-state index contributed by atoms with van der Waals surface area (Å²) in [6.45, 7) is 2.20. The fourth-order valence-electron chi connectivity index (χ4n) is 7.23. The van der Waals surface area contributed by atoms with Gasteiger partial charge in [-0.3, -0.25) is 9.79 Å². The second kappa shape index (κ2) is 3.45. The van der Waals surface area contributed by atoms with Crippen LogP contribution in [0.1, 0.15) is 51.9 Å². The van der Waals surface area contributed by atoms with Gasteiger partial charge >= 0.3 is 0 Å².